The molecule has 0 unspecified atom stereocenters. The largest absolute Gasteiger partial charge is 0.495 e. The van der Waals surface area contributed by atoms with Gasteiger partial charge in [-0.05, 0) is 37.2 Å². The first kappa shape index (κ1) is 15.9. The van der Waals surface area contributed by atoms with Gasteiger partial charge in [0.25, 0.3) is 0 Å². The first-order valence-corrected chi connectivity index (χ1v) is 8.10. The molecule has 0 spiro atoms. The van der Waals surface area contributed by atoms with Crippen molar-refractivity contribution in [3.63, 3.8) is 0 Å². The molecule has 0 saturated carbocycles. The van der Waals surface area contributed by atoms with E-state index in [-0.39, 0.29) is 0 Å². The normalized spacial score (nSPS) is 10.7. The van der Waals surface area contributed by atoms with Gasteiger partial charge in [0.05, 0.1) is 12.8 Å². The summed E-state index contributed by atoms with van der Waals surface area (Å²) in [4.78, 5) is 5.03. The maximum absolute atomic E-state index is 5.44. The maximum Gasteiger partial charge on any atom is 0.142 e. The van der Waals surface area contributed by atoms with E-state index in [1.54, 1.807) is 7.11 Å². The number of thiophene rings is 1. The van der Waals surface area contributed by atoms with E-state index >= 15 is 0 Å². The van der Waals surface area contributed by atoms with Gasteiger partial charge in [0, 0.05) is 29.9 Å². The van der Waals surface area contributed by atoms with Crippen molar-refractivity contribution in [3.8, 4) is 5.75 Å². The molecule has 1 aromatic carbocycles. The standard InChI is InChI=1S/C17H24N2OS/c1-5-18-11-15-10-14(13(2)21-15)12-19(3)16-8-6-7-9-17(16)20-4/h6-10,18H,5,11-12H2,1-4H3. The van der Waals surface area contributed by atoms with Crippen LogP contribution in [0.3, 0.4) is 0 Å². The lowest BCUT2D eigenvalue weighted by molar-refractivity contribution is 0.415. The van der Waals surface area contributed by atoms with Crippen LogP contribution in [0.1, 0.15) is 22.2 Å². The van der Waals surface area contributed by atoms with Crippen LogP contribution in [0.4, 0.5) is 5.69 Å². The molecule has 1 heterocycles. The minimum Gasteiger partial charge on any atom is -0.495 e. The van der Waals surface area contributed by atoms with Crippen LogP contribution in [-0.4, -0.2) is 20.7 Å². The summed E-state index contributed by atoms with van der Waals surface area (Å²) in [6.07, 6.45) is 0. The van der Waals surface area contributed by atoms with E-state index in [1.807, 2.05) is 29.5 Å². The number of anilines is 1. The molecule has 0 fully saturated rings. The molecule has 0 radical (unpaired) electrons. The van der Waals surface area contributed by atoms with Crippen LogP contribution in [-0.2, 0) is 13.1 Å². The SMILES string of the molecule is CCNCc1cc(CN(C)c2ccccc2OC)c(C)s1. The van der Waals surface area contributed by atoms with Crippen LogP contribution in [0.25, 0.3) is 0 Å². The molecule has 0 aliphatic rings. The van der Waals surface area contributed by atoms with Crippen molar-refractivity contribution in [3.05, 3.63) is 45.6 Å². The number of methoxy groups -OCH3 is 1. The summed E-state index contributed by atoms with van der Waals surface area (Å²) in [5, 5.41) is 3.39. The average Bonchev–Trinajstić information content (AvgIpc) is 2.85. The van der Waals surface area contributed by atoms with Crippen LogP contribution in [0, 0.1) is 6.92 Å². The van der Waals surface area contributed by atoms with Crippen molar-refractivity contribution >= 4 is 17.0 Å². The molecule has 3 nitrogen and oxygen atoms in total. The third-order valence-electron chi connectivity index (χ3n) is 3.52. The molecule has 0 saturated heterocycles. The van der Waals surface area contributed by atoms with Crippen LogP contribution >= 0.6 is 11.3 Å². The van der Waals surface area contributed by atoms with Gasteiger partial charge < -0.3 is 15.0 Å². The summed E-state index contributed by atoms with van der Waals surface area (Å²) in [5.41, 5.74) is 2.51. The van der Waals surface area contributed by atoms with E-state index in [1.165, 1.54) is 15.3 Å². The predicted molar refractivity (Wildman–Crippen MR) is 91.5 cm³/mol. The molecule has 0 aliphatic carbocycles. The monoisotopic (exact) mass is 304 g/mol. The summed E-state index contributed by atoms with van der Waals surface area (Å²) in [7, 11) is 3.83. The molecular formula is C17H24N2OS. The zero-order chi connectivity index (χ0) is 15.2. The lowest BCUT2D eigenvalue weighted by Crippen LogP contribution is -2.17. The summed E-state index contributed by atoms with van der Waals surface area (Å²) in [6, 6.07) is 10.5. The van der Waals surface area contributed by atoms with Crippen LogP contribution in [0.2, 0.25) is 0 Å². The van der Waals surface area contributed by atoms with Crippen LogP contribution in [0.15, 0.2) is 30.3 Å². The van der Waals surface area contributed by atoms with E-state index < -0.39 is 0 Å². The highest BCUT2D eigenvalue weighted by molar-refractivity contribution is 7.12. The topological polar surface area (TPSA) is 24.5 Å². The average molecular weight is 304 g/mol. The smallest absolute Gasteiger partial charge is 0.142 e. The Hall–Kier alpha value is -1.52. The molecule has 1 aromatic heterocycles. The third kappa shape index (κ3) is 3.99. The van der Waals surface area contributed by atoms with Gasteiger partial charge in [0.2, 0.25) is 0 Å². The second-order valence-electron chi connectivity index (χ2n) is 5.10. The zero-order valence-electron chi connectivity index (χ0n) is 13.3. The van der Waals surface area contributed by atoms with Crippen molar-refractivity contribution in [2.24, 2.45) is 0 Å². The maximum atomic E-state index is 5.44. The van der Waals surface area contributed by atoms with Crippen LogP contribution in [0.5, 0.6) is 5.75 Å². The van der Waals surface area contributed by atoms with E-state index in [9.17, 15) is 0 Å². The third-order valence-corrected chi connectivity index (χ3v) is 4.62. The number of para-hydroxylation sites is 2. The van der Waals surface area contributed by atoms with Gasteiger partial charge in [0.1, 0.15) is 5.75 Å². The van der Waals surface area contributed by atoms with Gasteiger partial charge >= 0.3 is 0 Å². The van der Waals surface area contributed by atoms with Gasteiger partial charge in [-0.15, -0.1) is 11.3 Å². The van der Waals surface area contributed by atoms with Gasteiger partial charge in [-0.2, -0.15) is 0 Å². The number of nitrogens with one attached hydrogen (secondary N) is 1. The van der Waals surface area contributed by atoms with E-state index in [4.69, 9.17) is 4.74 Å². The number of rotatable bonds is 7. The number of nitrogens with zero attached hydrogens (tertiary/aromatic N) is 1. The van der Waals surface area contributed by atoms with Crippen molar-refractivity contribution in [1.82, 2.24) is 5.32 Å². The Morgan fingerprint density at radius 2 is 2.05 bits per heavy atom. The van der Waals surface area contributed by atoms with Gasteiger partial charge in [0.15, 0.2) is 0 Å². The molecule has 1 N–H and O–H groups in total. The minimum atomic E-state index is 0.898. The Kier molecular flexibility index (Phi) is 5.65. The Labute approximate surface area is 131 Å². The quantitative estimate of drug-likeness (QED) is 0.842. The molecule has 2 rings (SSSR count). The number of hydrogen-bond acceptors (Lipinski definition) is 4. The van der Waals surface area contributed by atoms with Crippen LogP contribution < -0.4 is 15.0 Å². The Balaban J connectivity index is 2.12. The fraction of sp³-hybridized carbons (Fsp3) is 0.412. The Morgan fingerprint density at radius 3 is 2.76 bits per heavy atom. The Morgan fingerprint density at radius 1 is 1.29 bits per heavy atom. The highest BCUT2D eigenvalue weighted by atomic mass is 32.1. The zero-order valence-corrected chi connectivity index (χ0v) is 14.1. The number of benzene rings is 1. The van der Waals surface area contributed by atoms with E-state index in [0.717, 1.165) is 31.1 Å². The number of hydrogen-bond donors (Lipinski definition) is 1. The highest BCUT2D eigenvalue weighted by Gasteiger charge is 2.11. The first-order chi connectivity index (χ1) is 10.2. The second kappa shape index (κ2) is 7.48. The summed E-state index contributed by atoms with van der Waals surface area (Å²) in [6.45, 7) is 7.20. The second-order valence-corrected chi connectivity index (χ2v) is 6.44. The molecule has 0 atom stereocenters. The lowest BCUT2D eigenvalue weighted by Gasteiger charge is -2.21. The Bertz CT molecular complexity index is 580. The highest BCUT2D eigenvalue weighted by Crippen LogP contribution is 2.29. The molecule has 2 aromatic rings. The summed E-state index contributed by atoms with van der Waals surface area (Å²) >= 11 is 1.88. The molecule has 114 valence electrons. The van der Waals surface area contributed by atoms with Crippen molar-refractivity contribution in [2.75, 3.05) is 25.6 Å². The molecule has 21 heavy (non-hydrogen) atoms. The lowest BCUT2D eigenvalue weighted by atomic mass is 10.2. The van der Waals surface area contributed by atoms with Crippen molar-refractivity contribution in [2.45, 2.75) is 26.9 Å². The van der Waals surface area contributed by atoms with E-state index in [2.05, 4.69) is 43.2 Å². The molecule has 0 aliphatic heterocycles. The first-order valence-electron chi connectivity index (χ1n) is 7.28. The summed E-state index contributed by atoms with van der Waals surface area (Å²) in [5.74, 6) is 0.917. The van der Waals surface area contributed by atoms with Gasteiger partial charge in [-0.1, -0.05) is 19.1 Å². The molecule has 0 bridgehead atoms. The summed E-state index contributed by atoms with van der Waals surface area (Å²) < 4.78 is 5.44. The van der Waals surface area contributed by atoms with Gasteiger partial charge in [-0.25, -0.2) is 0 Å². The molecule has 4 heteroatoms. The molecule has 0 amide bonds. The number of ether oxygens (including phenoxy) is 1. The minimum absolute atomic E-state index is 0.898. The fourth-order valence-corrected chi connectivity index (χ4v) is 3.39. The van der Waals surface area contributed by atoms with Crippen molar-refractivity contribution in [1.29, 1.82) is 0 Å². The number of aryl methyl sites for hydroxylation is 1. The predicted octanol–water partition coefficient (Wildman–Crippen LogP) is 3.81. The van der Waals surface area contributed by atoms with Gasteiger partial charge in [-0.3, -0.25) is 0 Å². The fourth-order valence-electron chi connectivity index (χ4n) is 2.37. The van der Waals surface area contributed by atoms with Crippen molar-refractivity contribution < 1.29 is 4.74 Å². The molecular weight excluding hydrogens is 280 g/mol. The van der Waals surface area contributed by atoms with E-state index in [0.29, 0.717) is 0 Å².